The minimum absolute atomic E-state index is 0.00103. The number of guanidine groups is 5. The first-order chi connectivity index (χ1) is 29.2. The zero-order valence-electron chi connectivity index (χ0n) is 35.9. The summed E-state index contributed by atoms with van der Waals surface area (Å²) in [7, 11) is 0. The molecule has 0 aliphatic heterocycles. The first-order valence-corrected chi connectivity index (χ1v) is 21.2. The van der Waals surface area contributed by atoms with E-state index in [-0.39, 0.29) is 132 Å². The number of amides is 3. The number of nitrogens with zero attached hydrogens (tertiary/aromatic N) is 5. The van der Waals surface area contributed by atoms with Crippen molar-refractivity contribution in [2.45, 2.75) is 102 Å². The summed E-state index contributed by atoms with van der Waals surface area (Å²) in [4.78, 5) is 101. The van der Waals surface area contributed by atoms with E-state index in [4.69, 9.17) is 63.1 Å². The van der Waals surface area contributed by atoms with Crippen molar-refractivity contribution >= 4 is 77.5 Å². The number of rotatable bonds is 35. The Morgan fingerprint density at radius 1 is 0.435 bits per heavy atom. The second-order valence-corrected chi connectivity index (χ2v) is 15.3. The molecule has 0 aromatic carbocycles. The van der Waals surface area contributed by atoms with Crippen molar-refractivity contribution in [1.82, 2.24) is 10.6 Å². The molecule has 0 aliphatic rings. The van der Waals surface area contributed by atoms with Crippen LogP contribution >= 0.6 is 12.6 Å². The van der Waals surface area contributed by atoms with E-state index in [2.05, 4.69) is 48.2 Å². The van der Waals surface area contributed by atoms with Crippen LogP contribution < -0.4 is 73.7 Å². The number of primary amides is 1. The molecule has 0 aromatic rings. The standard InChI is InChI=1S/C37H72N18O6S/c1-21(7-2-12-49-33(39)40)27(56)17-22(8-3-13-50-34(41)42)31(60)54-25(10-5-15-52-36(45)46)28(57)18-23(9-4-14-51-35(43)44)32(61)55-26(11-6-16-53-37(47)48)29(58)19-24(20-62)30(38)59/h21-26,62H,2-20H2,1H3,(H2,38,59)(H,54,60)(H,55,61)(H4,39,40,49)(H4,41,42,50)(H4,43,44,51)(H4,45,46,52)(H4,47,48,53)/t21-,22+,23+,24-,25-,26-/m1/s1. The minimum Gasteiger partial charge on any atom is -0.370 e. The highest BCUT2D eigenvalue weighted by Gasteiger charge is 2.33. The van der Waals surface area contributed by atoms with Crippen molar-refractivity contribution in [3.63, 3.8) is 0 Å². The molecule has 352 valence electrons. The van der Waals surface area contributed by atoms with Gasteiger partial charge in [-0.15, -0.1) is 0 Å². The van der Waals surface area contributed by atoms with Gasteiger partial charge in [-0.25, -0.2) is 0 Å². The van der Waals surface area contributed by atoms with Crippen LogP contribution in [0, 0.1) is 23.7 Å². The highest BCUT2D eigenvalue weighted by Crippen LogP contribution is 2.21. The number of aliphatic imine (C=N–C) groups is 5. The molecule has 24 N–H and O–H groups in total. The lowest BCUT2D eigenvalue weighted by Crippen LogP contribution is -2.48. The van der Waals surface area contributed by atoms with Crippen LogP contribution in [-0.4, -0.2) is 115 Å². The number of nitrogens with one attached hydrogen (secondary N) is 2. The van der Waals surface area contributed by atoms with Crippen molar-refractivity contribution in [3.8, 4) is 0 Å². The molecular weight excluding hydrogens is 825 g/mol. The summed E-state index contributed by atoms with van der Waals surface area (Å²) in [6.45, 7) is 2.69. The molecule has 0 radical (unpaired) electrons. The van der Waals surface area contributed by atoms with Crippen molar-refractivity contribution in [1.29, 1.82) is 0 Å². The predicted molar refractivity (Wildman–Crippen MR) is 245 cm³/mol. The molecule has 24 nitrogen and oxygen atoms in total. The van der Waals surface area contributed by atoms with Crippen LogP contribution in [0.5, 0.6) is 0 Å². The summed E-state index contributed by atoms with van der Waals surface area (Å²) in [5, 5.41) is 5.58. The van der Waals surface area contributed by atoms with Crippen LogP contribution in [0.2, 0.25) is 0 Å². The van der Waals surface area contributed by atoms with Crippen LogP contribution in [0.4, 0.5) is 0 Å². The second-order valence-electron chi connectivity index (χ2n) is 15.0. The smallest absolute Gasteiger partial charge is 0.224 e. The Bertz CT molecular complexity index is 1590. The van der Waals surface area contributed by atoms with Crippen molar-refractivity contribution in [3.05, 3.63) is 0 Å². The number of carbonyl (C=O) groups excluding carboxylic acids is 6. The second kappa shape index (κ2) is 31.9. The lowest BCUT2D eigenvalue weighted by molar-refractivity contribution is -0.135. The SMILES string of the molecule is C[C@H](CCCN=C(N)N)C(=O)C[C@H](CCCN=C(N)N)C(=O)N[C@H](CCCN=C(N)N)C(=O)C[C@H](CCCN=C(N)N)C(=O)N[C@H](CCCN=C(N)N)C(=O)C[C@H](CS)C(N)=O. The van der Waals surface area contributed by atoms with Crippen LogP contribution in [0.25, 0.3) is 0 Å². The number of ketones is 3. The van der Waals surface area contributed by atoms with Crippen molar-refractivity contribution in [2.24, 2.45) is 112 Å². The van der Waals surface area contributed by atoms with Crippen LogP contribution in [0.15, 0.2) is 25.0 Å². The van der Waals surface area contributed by atoms with Gasteiger partial charge in [0.25, 0.3) is 0 Å². The molecule has 0 saturated heterocycles. The lowest BCUT2D eigenvalue weighted by Gasteiger charge is -2.26. The van der Waals surface area contributed by atoms with E-state index in [1.54, 1.807) is 6.92 Å². The monoisotopic (exact) mass is 897 g/mol. The minimum atomic E-state index is -1.14. The van der Waals surface area contributed by atoms with Gasteiger partial charge in [0.05, 0.1) is 18.0 Å². The topological polar surface area (TPSA) is 474 Å². The van der Waals surface area contributed by atoms with E-state index >= 15 is 0 Å². The first-order valence-electron chi connectivity index (χ1n) is 20.5. The van der Waals surface area contributed by atoms with Gasteiger partial charge in [0, 0.05) is 75.5 Å². The Balaban J connectivity index is 6.67. The molecular formula is C37H72N18O6S. The molecule has 0 spiro atoms. The molecule has 0 unspecified atom stereocenters. The van der Waals surface area contributed by atoms with Gasteiger partial charge in [-0.3, -0.25) is 53.7 Å². The van der Waals surface area contributed by atoms with Gasteiger partial charge < -0.3 is 73.7 Å². The van der Waals surface area contributed by atoms with Crippen LogP contribution in [0.3, 0.4) is 0 Å². The zero-order chi connectivity index (χ0) is 47.2. The van der Waals surface area contributed by atoms with Gasteiger partial charge in [-0.05, 0) is 64.2 Å². The molecule has 62 heavy (non-hydrogen) atoms. The quantitative estimate of drug-likeness (QED) is 0.0125. The van der Waals surface area contributed by atoms with Gasteiger partial charge in [-0.2, -0.15) is 12.6 Å². The third kappa shape index (κ3) is 27.1. The third-order valence-electron chi connectivity index (χ3n) is 9.66. The molecule has 0 bridgehead atoms. The molecule has 3 amide bonds. The number of hydrogen-bond acceptors (Lipinski definition) is 12. The summed E-state index contributed by atoms with van der Waals surface area (Å²) in [5.41, 5.74) is 60.1. The number of Topliss-reactive ketones (excluding diaryl/α,β-unsaturated/α-hetero) is 3. The summed E-state index contributed by atoms with van der Waals surface area (Å²) >= 11 is 4.14. The maximum absolute atomic E-state index is 14.2. The van der Waals surface area contributed by atoms with Gasteiger partial charge in [0.2, 0.25) is 17.7 Å². The number of hydrogen-bond donors (Lipinski definition) is 14. The first kappa shape index (κ1) is 56.1. The highest BCUT2D eigenvalue weighted by atomic mass is 32.1. The number of carbonyl (C=O) groups is 6. The molecule has 0 heterocycles. The van der Waals surface area contributed by atoms with E-state index in [1.165, 1.54) is 0 Å². The maximum atomic E-state index is 14.2. The average Bonchev–Trinajstić information content (AvgIpc) is 3.18. The van der Waals surface area contributed by atoms with E-state index in [0.717, 1.165) is 0 Å². The molecule has 0 fully saturated rings. The van der Waals surface area contributed by atoms with Gasteiger partial charge >= 0.3 is 0 Å². The summed E-state index contributed by atoms with van der Waals surface area (Å²) in [6, 6.07) is -2.24. The predicted octanol–water partition coefficient (Wildman–Crippen LogP) is -4.00. The Hall–Kier alpha value is -5.88. The highest BCUT2D eigenvalue weighted by molar-refractivity contribution is 7.80. The van der Waals surface area contributed by atoms with Crippen molar-refractivity contribution < 1.29 is 28.8 Å². The molecule has 0 aromatic heterocycles. The van der Waals surface area contributed by atoms with Gasteiger partial charge in [0.15, 0.2) is 41.4 Å². The van der Waals surface area contributed by atoms with Gasteiger partial charge in [-0.1, -0.05) is 6.92 Å². The van der Waals surface area contributed by atoms with E-state index in [0.29, 0.717) is 25.8 Å². The molecule has 0 rings (SSSR count). The third-order valence-corrected chi connectivity index (χ3v) is 10.1. The Morgan fingerprint density at radius 2 is 0.726 bits per heavy atom. The fourth-order valence-corrected chi connectivity index (χ4v) is 6.50. The molecule has 0 saturated carbocycles. The Kier molecular flexibility index (Phi) is 28.9. The molecule has 0 aliphatic carbocycles. The fraction of sp³-hybridized carbons (Fsp3) is 0.703. The normalized spacial score (nSPS) is 13.6. The van der Waals surface area contributed by atoms with Gasteiger partial charge in [0.1, 0.15) is 5.78 Å². The van der Waals surface area contributed by atoms with E-state index in [1.807, 2.05) is 0 Å². The summed E-state index contributed by atoms with van der Waals surface area (Å²) in [6.07, 6.45) is 1.83. The number of nitrogens with two attached hydrogens (primary N) is 11. The Labute approximate surface area is 368 Å². The summed E-state index contributed by atoms with van der Waals surface area (Å²) in [5.74, 6) is -7.02. The summed E-state index contributed by atoms with van der Waals surface area (Å²) < 4.78 is 0. The molecule has 6 atom stereocenters. The largest absolute Gasteiger partial charge is 0.370 e. The van der Waals surface area contributed by atoms with E-state index in [9.17, 15) is 28.8 Å². The lowest BCUT2D eigenvalue weighted by atomic mass is 9.88. The van der Waals surface area contributed by atoms with Crippen LogP contribution in [0.1, 0.15) is 90.4 Å². The van der Waals surface area contributed by atoms with Crippen molar-refractivity contribution in [2.75, 3.05) is 38.5 Å². The zero-order valence-corrected chi connectivity index (χ0v) is 36.8. The number of thiol groups is 1. The Morgan fingerprint density at radius 3 is 1.03 bits per heavy atom. The fourth-order valence-electron chi connectivity index (χ4n) is 6.19. The van der Waals surface area contributed by atoms with Crippen LogP contribution in [-0.2, 0) is 28.8 Å². The average molecular weight is 897 g/mol. The van der Waals surface area contributed by atoms with E-state index < -0.39 is 65.0 Å². The molecule has 25 heteroatoms. The maximum Gasteiger partial charge on any atom is 0.224 e.